The van der Waals surface area contributed by atoms with Crippen molar-refractivity contribution in [3.05, 3.63) is 53.4 Å². The summed E-state index contributed by atoms with van der Waals surface area (Å²) >= 11 is 0. The quantitative estimate of drug-likeness (QED) is 0.874. The minimum atomic E-state index is 0.306. The molecule has 1 aliphatic heterocycles. The SMILES string of the molecule is COc1cc(C2CC3=NCNC(O)=C3CC2C)c2ccccc2c1. The molecule has 2 atom stereocenters. The molecule has 1 aliphatic carbocycles. The molecule has 0 amide bonds. The van der Waals surface area contributed by atoms with Gasteiger partial charge < -0.3 is 15.2 Å². The van der Waals surface area contributed by atoms with E-state index >= 15 is 0 Å². The molecule has 2 N–H and O–H groups in total. The third-order valence-electron chi connectivity index (χ3n) is 5.28. The van der Waals surface area contributed by atoms with Crippen LogP contribution in [0.25, 0.3) is 10.8 Å². The number of nitrogens with zero attached hydrogens (tertiary/aromatic N) is 1. The summed E-state index contributed by atoms with van der Waals surface area (Å²) in [6.07, 6.45) is 1.70. The average molecular weight is 322 g/mol. The maximum absolute atomic E-state index is 10.1. The van der Waals surface area contributed by atoms with Crippen LogP contribution in [0.15, 0.2) is 52.8 Å². The fourth-order valence-corrected chi connectivity index (χ4v) is 3.98. The van der Waals surface area contributed by atoms with Crippen molar-refractivity contribution in [2.45, 2.75) is 25.7 Å². The summed E-state index contributed by atoms with van der Waals surface area (Å²) < 4.78 is 5.52. The standard InChI is InChI=1S/C20H22N2O2/c1-12-7-18-19(21-11-22-20(18)23)10-16(12)17-9-14(24-2)8-13-5-3-4-6-15(13)17/h3-6,8-9,12,16,22-23H,7,10-11H2,1-2H3. The van der Waals surface area contributed by atoms with Crippen molar-refractivity contribution in [3.63, 3.8) is 0 Å². The molecule has 0 bridgehead atoms. The number of ether oxygens (including phenoxy) is 1. The number of aliphatic imine (C=N–C) groups is 1. The highest BCUT2D eigenvalue weighted by atomic mass is 16.5. The van der Waals surface area contributed by atoms with E-state index in [-0.39, 0.29) is 0 Å². The number of aliphatic hydroxyl groups is 1. The Balaban J connectivity index is 1.81. The van der Waals surface area contributed by atoms with E-state index in [1.807, 2.05) is 0 Å². The third kappa shape index (κ3) is 2.42. The third-order valence-corrected chi connectivity index (χ3v) is 5.28. The predicted octanol–water partition coefficient (Wildman–Crippen LogP) is 4.13. The lowest BCUT2D eigenvalue weighted by Gasteiger charge is -2.34. The molecule has 2 unspecified atom stereocenters. The van der Waals surface area contributed by atoms with Crippen molar-refractivity contribution in [2.75, 3.05) is 13.8 Å². The number of fused-ring (bicyclic) bond motifs is 2. The predicted molar refractivity (Wildman–Crippen MR) is 96.7 cm³/mol. The highest BCUT2D eigenvalue weighted by Gasteiger charge is 2.33. The van der Waals surface area contributed by atoms with E-state index in [4.69, 9.17) is 4.74 Å². The zero-order valence-electron chi connectivity index (χ0n) is 14.0. The Bertz CT molecular complexity index is 854. The van der Waals surface area contributed by atoms with Crippen LogP contribution in [0, 0.1) is 5.92 Å². The molecule has 1 fully saturated rings. The Hall–Kier alpha value is -2.49. The van der Waals surface area contributed by atoms with E-state index in [0.29, 0.717) is 24.4 Å². The lowest BCUT2D eigenvalue weighted by molar-refractivity contribution is 0.342. The molecule has 0 radical (unpaired) electrons. The molecule has 1 heterocycles. The second-order valence-corrected chi connectivity index (χ2v) is 6.70. The Kier molecular flexibility index (Phi) is 3.68. The van der Waals surface area contributed by atoms with Gasteiger partial charge in [0, 0.05) is 11.3 Å². The van der Waals surface area contributed by atoms with Crippen LogP contribution in [0.4, 0.5) is 0 Å². The summed E-state index contributed by atoms with van der Waals surface area (Å²) in [5.41, 5.74) is 3.34. The highest BCUT2D eigenvalue weighted by Crippen LogP contribution is 2.43. The monoisotopic (exact) mass is 322 g/mol. The van der Waals surface area contributed by atoms with Crippen molar-refractivity contribution in [3.8, 4) is 5.75 Å². The summed E-state index contributed by atoms with van der Waals surface area (Å²) in [4.78, 5) is 4.59. The first-order valence-electron chi connectivity index (χ1n) is 8.43. The molecule has 124 valence electrons. The Labute approximate surface area is 141 Å². The van der Waals surface area contributed by atoms with Crippen molar-refractivity contribution in [1.29, 1.82) is 0 Å². The van der Waals surface area contributed by atoms with Crippen LogP contribution in [0.1, 0.15) is 31.2 Å². The van der Waals surface area contributed by atoms with Crippen LogP contribution in [-0.4, -0.2) is 24.6 Å². The van der Waals surface area contributed by atoms with Crippen LogP contribution in [0.3, 0.4) is 0 Å². The van der Waals surface area contributed by atoms with Crippen LogP contribution in [-0.2, 0) is 0 Å². The molecular formula is C20H22N2O2. The van der Waals surface area contributed by atoms with Gasteiger partial charge in [-0.3, -0.25) is 4.99 Å². The first kappa shape index (κ1) is 15.1. The molecule has 4 rings (SSSR count). The normalized spacial score (nSPS) is 23.5. The zero-order valence-corrected chi connectivity index (χ0v) is 14.0. The smallest absolute Gasteiger partial charge is 0.190 e. The van der Waals surface area contributed by atoms with Crippen LogP contribution in [0.5, 0.6) is 5.75 Å². The largest absolute Gasteiger partial charge is 0.497 e. The fraction of sp³-hybridized carbons (Fsp3) is 0.350. The molecule has 0 saturated heterocycles. The van der Waals surface area contributed by atoms with Crippen molar-refractivity contribution < 1.29 is 9.84 Å². The Morgan fingerprint density at radius 3 is 2.88 bits per heavy atom. The average Bonchev–Trinajstić information content (AvgIpc) is 2.61. The summed E-state index contributed by atoms with van der Waals surface area (Å²) in [5.74, 6) is 2.00. The van der Waals surface area contributed by atoms with Gasteiger partial charge in [0.05, 0.1) is 7.11 Å². The zero-order chi connectivity index (χ0) is 16.7. The molecule has 2 aromatic rings. The van der Waals surface area contributed by atoms with Crippen molar-refractivity contribution in [2.24, 2.45) is 10.9 Å². The number of aliphatic hydroxyl groups excluding tert-OH is 1. The molecule has 24 heavy (non-hydrogen) atoms. The van der Waals surface area contributed by atoms with Gasteiger partial charge in [0.2, 0.25) is 0 Å². The molecule has 2 aliphatic rings. The number of rotatable bonds is 2. The van der Waals surface area contributed by atoms with Crippen LogP contribution >= 0.6 is 0 Å². The maximum atomic E-state index is 10.1. The van der Waals surface area contributed by atoms with Crippen LogP contribution < -0.4 is 10.1 Å². The minimum Gasteiger partial charge on any atom is -0.497 e. The van der Waals surface area contributed by atoms with E-state index < -0.39 is 0 Å². The Morgan fingerprint density at radius 2 is 2.04 bits per heavy atom. The molecule has 4 heteroatoms. The lowest BCUT2D eigenvalue weighted by Crippen LogP contribution is -2.32. The molecule has 1 saturated carbocycles. The summed E-state index contributed by atoms with van der Waals surface area (Å²) in [7, 11) is 1.72. The second-order valence-electron chi connectivity index (χ2n) is 6.70. The summed E-state index contributed by atoms with van der Waals surface area (Å²) in [6.45, 7) is 2.72. The first-order valence-corrected chi connectivity index (χ1v) is 8.43. The van der Waals surface area contributed by atoms with Crippen molar-refractivity contribution >= 4 is 16.5 Å². The van der Waals surface area contributed by atoms with Gasteiger partial charge in [-0.15, -0.1) is 0 Å². The molecule has 4 nitrogen and oxygen atoms in total. The number of hydrogen-bond acceptors (Lipinski definition) is 4. The van der Waals surface area contributed by atoms with Gasteiger partial charge in [0.15, 0.2) is 5.88 Å². The summed E-state index contributed by atoms with van der Waals surface area (Å²) in [6, 6.07) is 12.7. The topological polar surface area (TPSA) is 53.8 Å². The highest BCUT2D eigenvalue weighted by molar-refractivity contribution is 6.02. The maximum Gasteiger partial charge on any atom is 0.190 e. The molecule has 0 spiro atoms. The van der Waals surface area contributed by atoms with E-state index in [1.165, 1.54) is 16.3 Å². The van der Waals surface area contributed by atoms with Gasteiger partial charge >= 0.3 is 0 Å². The Morgan fingerprint density at radius 1 is 1.21 bits per heavy atom. The van der Waals surface area contributed by atoms with Gasteiger partial charge in [0.1, 0.15) is 12.4 Å². The van der Waals surface area contributed by atoms with Gasteiger partial charge in [0.25, 0.3) is 0 Å². The van der Waals surface area contributed by atoms with E-state index in [2.05, 4.69) is 53.6 Å². The number of allylic oxidation sites excluding steroid dienone is 1. The number of nitrogens with one attached hydrogen (secondary N) is 1. The first-order chi connectivity index (χ1) is 11.7. The van der Waals surface area contributed by atoms with Gasteiger partial charge in [-0.1, -0.05) is 31.2 Å². The lowest BCUT2D eigenvalue weighted by atomic mass is 9.72. The van der Waals surface area contributed by atoms with Gasteiger partial charge in [-0.2, -0.15) is 0 Å². The fourth-order valence-electron chi connectivity index (χ4n) is 3.98. The molecule has 2 aromatic carbocycles. The minimum absolute atomic E-state index is 0.306. The van der Waals surface area contributed by atoms with E-state index in [0.717, 1.165) is 29.9 Å². The second kappa shape index (κ2) is 5.86. The van der Waals surface area contributed by atoms with Gasteiger partial charge in [-0.05, 0) is 53.1 Å². The number of methoxy groups -OCH3 is 1. The molecular weight excluding hydrogens is 300 g/mol. The number of hydrogen-bond donors (Lipinski definition) is 2. The van der Waals surface area contributed by atoms with Crippen LogP contribution in [0.2, 0.25) is 0 Å². The summed E-state index contributed by atoms with van der Waals surface area (Å²) in [5, 5.41) is 15.5. The van der Waals surface area contributed by atoms with Gasteiger partial charge in [-0.25, -0.2) is 0 Å². The number of benzene rings is 2. The van der Waals surface area contributed by atoms with E-state index in [1.54, 1.807) is 7.11 Å². The van der Waals surface area contributed by atoms with Crippen molar-refractivity contribution in [1.82, 2.24) is 5.32 Å². The molecule has 0 aromatic heterocycles. The van der Waals surface area contributed by atoms with E-state index in [9.17, 15) is 5.11 Å².